The molecule has 3 aromatic rings. The molecule has 0 aliphatic carbocycles. The van der Waals surface area contributed by atoms with E-state index in [0.717, 1.165) is 10.2 Å². The predicted octanol–water partition coefficient (Wildman–Crippen LogP) is 3.65. The molecule has 156 valence electrons. The van der Waals surface area contributed by atoms with Crippen LogP contribution in [0.5, 0.6) is 5.75 Å². The molecule has 0 radical (unpaired) electrons. The van der Waals surface area contributed by atoms with Gasteiger partial charge in [-0.15, -0.1) is 5.10 Å². The summed E-state index contributed by atoms with van der Waals surface area (Å²) in [5, 5.41) is 28.1. The second kappa shape index (κ2) is 9.61. The summed E-state index contributed by atoms with van der Waals surface area (Å²) in [6, 6.07) is 14.3. The molecule has 0 amide bonds. The van der Waals surface area contributed by atoms with Crippen LogP contribution in [0.3, 0.4) is 0 Å². The smallest absolute Gasteiger partial charge is 0.309 e. The third kappa shape index (κ3) is 5.10. The average molecular weight is 436 g/mol. The van der Waals surface area contributed by atoms with Crippen LogP contribution < -0.4 is 20.9 Å². The van der Waals surface area contributed by atoms with E-state index in [9.17, 15) is 4.79 Å². The van der Waals surface area contributed by atoms with Crippen LogP contribution in [0.25, 0.3) is 0 Å². The van der Waals surface area contributed by atoms with Gasteiger partial charge in [0.05, 0.1) is 29.8 Å². The molecule has 2 N–H and O–H groups in total. The van der Waals surface area contributed by atoms with Gasteiger partial charge in [-0.3, -0.25) is 4.79 Å². The molecule has 0 spiro atoms. The predicted molar refractivity (Wildman–Crippen MR) is 117 cm³/mol. The first-order valence-electron chi connectivity index (χ1n) is 9.18. The van der Waals surface area contributed by atoms with E-state index in [2.05, 4.69) is 26.8 Å². The lowest BCUT2D eigenvalue weighted by Crippen LogP contribution is -2.25. The van der Waals surface area contributed by atoms with Gasteiger partial charge in [-0.05, 0) is 48.4 Å². The van der Waals surface area contributed by atoms with Gasteiger partial charge in [-0.1, -0.05) is 11.6 Å². The monoisotopic (exact) mass is 435 g/mol. The maximum atomic E-state index is 12.5. The minimum Gasteiger partial charge on any atom is -0.495 e. The van der Waals surface area contributed by atoms with Gasteiger partial charge in [0.25, 0.3) is 0 Å². The van der Waals surface area contributed by atoms with Gasteiger partial charge in [-0.25, -0.2) is 4.68 Å². The highest BCUT2D eigenvalue weighted by Gasteiger charge is 2.15. The van der Waals surface area contributed by atoms with E-state index >= 15 is 0 Å². The van der Waals surface area contributed by atoms with Crippen molar-refractivity contribution in [3.05, 3.63) is 62.9 Å². The molecule has 0 aliphatic heterocycles. The molecule has 10 heteroatoms. The van der Waals surface area contributed by atoms with Crippen molar-refractivity contribution in [2.45, 2.75) is 12.8 Å². The highest BCUT2D eigenvalue weighted by molar-refractivity contribution is 6.33. The second-order valence-corrected chi connectivity index (χ2v) is 6.87. The summed E-state index contributed by atoms with van der Waals surface area (Å²) in [6.45, 7) is 0. The number of nitrogens with one attached hydrogen (secondary N) is 2. The summed E-state index contributed by atoms with van der Waals surface area (Å²) in [6.07, 6.45) is 0.905. The summed E-state index contributed by atoms with van der Waals surface area (Å²) >= 11 is 6.42. The molecule has 0 atom stereocenters. The number of anilines is 4. The van der Waals surface area contributed by atoms with Crippen molar-refractivity contribution < 1.29 is 4.74 Å². The largest absolute Gasteiger partial charge is 0.495 e. The van der Waals surface area contributed by atoms with Crippen LogP contribution in [0.15, 0.2) is 41.2 Å². The molecule has 3 rings (SSSR count). The molecule has 0 aliphatic rings. The topological polar surface area (TPSA) is 129 Å². The Hall–Kier alpha value is -4.08. The number of hydrogen-bond acceptors (Lipinski definition) is 8. The van der Waals surface area contributed by atoms with Crippen LogP contribution in [0, 0.1) is 22.7 Å². The lowest BCUT2D eigenvalue weighted by atomic mass is 10.1. The first kappa shape index (κ1) is 21.6. The Morgan fingerprint density at radius 2 is 1.94 bits per heavy atom. The Labute approximate surface area is 183 Å². The lowest BCUT2D eigenvalue weighted by Gasteiger charge is -2.15. The maximum absolute atomic E-state index is 12.5. The number of nitriles is 2. The summed E-state index contributed by atoms with van der Waals surface area (Å²) in [5.74, 6) is 0.633. The van der Waals surface area contributed by atoms with Gasteiger partial charge >= 0.3 is 5.56 Å². The normalized spacial score (nSPS) is 10.1. The minimum atomic E-state index is -0.431. The number of hydrogen-bond donors (Lipinski definition) is 2. The van der Waals surface area contributed by atoms with Crippen molar-refractivity contribution in [2.24, 2.45) is 7.05 Å². The molecule has 31 heavy (non-hydrogen) atoms. The molecule has 1 heterocycles. The zero-order valence-corrected chi connectivity index (χ0v) is 17.6. The van der Waals surface area contributed by atoms with E-state index in [1.165, 1.54) is 14.2 Å². The Bertz CT molecular complexity index is 1240. The minimum absolute atomic E-state index is 0.0467. The number of rotatable bonds is 7. The number of aryl methyl sites for hydroxylation is 2. The molecule has 2 aromatic carbocycles. The Balaban J connectivity index is 1.93. The summed E-state index contributed by atoms with van der Waals surface area (Å²) in [7, 11) is 3.01. The number of aromatic nitrogens is 3. The van der Waals surface area contributed by atoms with E-state index < -0.39 is 5.56 Å². The SMILES string of the molecule is COc1cc(CCC#N)cc(Cl)c1Nc1nc(Nc2ccc(C#N)cc2)c(=O)n(C)n1. The van der Waals surface area contributed by atoms with Crippen molar-refractivity contribution in [1.82, 2.24) is 14.8 Å². The van der Waals surface area contributed by atoms with Crippen molar-refractivity contribution in [2.75, 3.05) is 17.7 Å². The standard InChI is InChI=1S/C21H18ClN7O2/c1-29-20(30)19(25-15-7-5-13(12-24)6-8-15)27-21(28-29)26-18-16(22)10-14(4-3-9-23)11-17(18)31-2/h5-8,10-11H,3-4H2,1-2H3,(H2,25,26,27,28). The zero-order valence-electron chi connectivity index (χ0n) is 16.8. The fourth-order valence-electron chi connectivity index (χ4n) is 2.79. The van der Waals surface area contributed by atoms with Gasteiger partial charge in [0.15, 0.2) is 0 Å². The van der Waals surface area contributed by atoms with E-state index in [1.807, 2.05) is 6.07 Å². The van der Waals surface area contributed by atoms with Crippen molar-refractivity contribution in [3.63, 3.8) is 0 Å². The molecule has 0 fully saturated rings. The Kier molecular flexibility index (Phi) is 6.71. The molecular formula is C21H18ClN7O2. The quantitative estimate of drug-likeness (QED) is 0.575. The summed E-state index contributed by atoms with van der Waals surface area (Å²) < 4.78 is 6.57. The van der Waals surface area contributed by atoms with Gasteiger partial charge in [0.1, 0.15) is 11.4 Å². The maximum Gasteiger partial charge on any atom is 0.309 e. The molecular weight excluding hydrogens is 418 g/mol. The summed E-state index contributed by atoms with van der Waals surface area (Å²) in [4.78, 5) is 16.7. The fourth-order valence-corrected chi connectivity index (χ4v) is 3.07. The molecule has 0 bridgehead atoms. The number of halogens is 1. The number of benzene rings is 2. The van der Waals surface area contributed by atoms with Gasteiger partial charge < -0.3 is 15.4 Å². The molecule has 0 saturated carbocycles. The number of ether oxygens (including phenoxy) is 1. The zero-order chi connectivity index (χ0) is 22.4. The van der Waals surface area contributed by atoms with Crippen LogP contribution in [0.4, 0.5) is 23.1 Å². The van der Waals surface area contributed by atoms with Crippen LogP contribution in [-0.4, -0.2) is 21.9 Å². The van der Waals surface area contributed by atoms with Crippen LogP contribution in [-0.2, 0) is 13.5 Å². The van der Waals surface area contributed by atoms with E-state index in [1.54, 1.807) is 36.4 Å². The third-order valence-corrected chi connectivity index (χ3v) is 4.63. The molecule has 1 aromatic heterocycles. The molecule has 9 nitrogen and oxygen atoms in total. The Morgan fingerprint density at radius 3 is 2.58 bits per heavy atom. The number of nitrogens with zero attached hydrogens (tertiary/aromatic N) is 5. The third-order valence-electron chi connectivity index (χ3n) is 4.33. The first-order chi connectivity index (χ1) is 14.9. The highest BCUT2D eigenvalue weighted by atomic mass is 35.5. The Morgan fingerprint density at radius 1 is 1.19 bits per heavy atom. The van der Waals surface area contributed by atoms with Crippen molar-refractivity contribution >= 4 is 34.7 Å². The molecule has 0 saturated heterocycles. The second-order valence-electron chi connectivity index (χ2n) is 6.46. The highest BCUT2D eigenvalue weighted by Crippen LogP contribution is 2.36. The van der Waals surface area contributed by atoms with Crippen molar-refractivity contribution in [3.8, 4) is 17.9 Å². The van der Waals surface area contributed by atoms with Crippen molar-refractivity contribution in [1.29, 1.82) is 10.5 Å². The molecule has 0 unspecified atom stereocenters. The van der Waals surface area contributed by atoms with Crippen LogP contribution in [0.2, 0.25) is 5.02 Å². The van der Waals surface area contributed by atoms with Gasteiger partial charge in [0.2, 0.25) is 11.8 Å². The van der Waals surface area contributed by atoms with Gasteiger partial charge in [0, 0.05) is 19.2 Å². The van der Waals surface area contributed by atoms with Crippen LogP contribution >= 0.6 is 11.6 Å². The number of methoxy groups -OCH3 is 1. The van der Waals surface area contributed by atoms with Crippen LogP contribution in [0.1, 0.15) is 17.5 Å². The fraction of sp³-hybridized carbons (Fsp3) is 0.190. The van der Waals surface area contributed by atoms with E-state index in [0.29, 0.717) is 40.6 Å². The lowest BCUT2D eigenvalue weighted by molar-refractivity contribution is 0.416. The van der Waals surface area contributed by atoms with E-state index in [-0.39, 0.29) is 11.8 Å². The van der Waals surface area contributed by atoms with Gasteiger partial charge in [-0.2, -0.15) is 15.5 Å². The average Bonchev–Trinajstić information content (AvgIpc) is 2.77. The van der Waals surface area contributed by atoms with E-state index in [4.69, 9.17) is 26.9 Å². The first-order valence-corrected chi connectivity index (χ1v) is 9.56. The summed E-state index contributed by atoms with van der Waals surface area (Å²) in [5.41, 5.74) is 1.97.